The Bertz CT molecular complexity index is 463. The molecule has 1 aliphatic rings. The van der Waals surface area contributed by atoms with Crippen LogP contribution in [0.15, 0.2) is 11.1 Å². The summed E-state index contributed by atoms with van der Waals surface area (Å²) in [6.07, 6.45) is -2.08. The summed E-state index contributed by atoms with van der Waals surface area (Å²) in [5.41, 5.74) is 0. The van der Waals surface area contributed by atoms with Gasteiger partial charge in [0.05, 0.1) is 5.03 Å². The van der Waals surface area contributed by atoms with Crippen LogP contribution >= 0.6 is 23.4 Å². The molecule has 9 heteroatoms. The first-order valence-corrected chi connectivity index (χ1v) is 8.68. The number of amides is 1. The van der Waals surface area contributed by atoms with E-state index in [9.17, 15) is 18.0 Å². The van der Waals surface area contributed by atoms with Crippen LogP contribution in [0.4, 0.5) is 13.2 Å². The van der Waals surface area contributed by atoms with E-state index in [0.717, 1.165) is 6.42 Å². The summed E-state index contributed by atoms with van der Waals surface area (Å²) in [5, 5.41) is 6.32. The fourth-order valence-electron chi connectivity index (χ4n) is 1.99. The molecular formula is C14H21ClF3N3OS. The number of hydrogen-bond acceptors (Lipinski definition) is 4. The highest BCUT2D eigenvalue weighted by Gasteiger charge is 2.36. The van der Waals surface area contributed by atoms with Crippen molar-refractivity contribution in [3.63, 3.8) is 0 Å². The largest absolute Gasteiger partial charge is 0.439 e. The molecule has 1 rings (SSSR count). The smallest absolute Gasteiger partial charge is 0.363 e. The number of carbonyl (C=O) groups excluding carboxylic acids is 1. The van der Waals surface area contributed by atoms with Crippen LogP contribution in [0.5, 0.6) is 0 Å². The average Bonchev–Trinajstić information content (AvgIpc) is 2.52. The molecule has 1 saturated heterocycles. The van der Waals surface area contributed by atoms with Gasteiger partial charge in [0.25, 0.3) is 0 Å². The zero-order valence-electron chi connectivity index (χ0n) is 13.1. The highest BCUT2D eigenvalue weighted by Crippen LogP contribution is 2.32. The number of nitrogens with one attached hydrogen (secondary N) is 1. The first-order valence-electron chi connectivity index (χ1n) is 7.33. The van der Waals surface area contributed by atoms with Crippen LogP contribution in [0, 0.1) is 11.3 Å². The summed E-state index contributed by atoms with van der Waals surface area (Å²) in [7, 11) is 0. The Balaban J connectivity index is 2.80. The van der Waals surface area contributed by atoms with Crippen molar-refractivity contribution >= 4 is 34.3 Å². The molecule has 1 fully saturated rings. The molecule has 23 heavy (non-hydrogen) atoms. The van der Waals surface area contributed by atoms with E-state index >= 15 is 0 Å². The number of halogens is 4. The minimum atomic E-state index is -4.64. The van der Waals surface area contributed by atoms with Crippen molar-refractivity contribution in [2.75, 3.05) is 32.1 Å². The Kier molecular flexibility index (Phi) is 7.73. The number of piperazine rings is 1. The van der Waals surface area contributed by atoms with Gasteiger partial charge in [0.2, 0.25) is 5.91 Å². The third-order valence-electron chi connectivity index (χ3n) is 3.59. The van der Waals surface area contributed by atoms with Gasteiger partial charge in [-0.1, -0.05) is 19.9 Å². The van der Waals surface area contributed by atoms with Crippen molar-refractivity contribution in [1.82, 2.24) is 9.80 Å². The van der Waals surface area contributed by atoms with Crippen molar-refractivity contribution in [3.05, 3.63) is 11.1 Å². The van der Waals surface area contributed by atoms with Crippen LogP contribution in [-0.2, 0) is 4.79 Å². The molecule has 1 atom stereocenters. The maximum Gasteiger partial charge on any atom is 0.439 e. The predicted molar refractivity (Wildman–Crippen MR) is 87.8 cm³/mol. The third kappa shape index (κ3) is 6.25. The average molecular weight is 372 g/mol. The first-order chi connectivity index (χ1) is 10.7. The van der Waals surface area contributed by atoms with Crippen LogP contribution in [0.3, 0.4) is 0 Å². The lowest BCUT2D eigenvalue weighted by Crippen LogP contribution is -2.48. The van der Waals surface area contributed by atoms with Crippen molar-refractivity contribution in [2.24, 2.45) is 5.92 Å². The van der Waals surface area contributed by atoms with Crippen molar-refractivity contribution in [3.8, 4) is 0 Å². The molecule has 1 aliphatic heterocycles. The summed E-state index contributed by atoms with van der Waals surface area (Å²) in [6, 6.07) is 0. The summed E-state index contributed by atoms with van der Waals surface area (Å²) >= 11 is 5.95. The van der Waals surface area contributed by atoms with Gasteiger partial charge in [-0.3, -0.25) is 10.2 Å². The van der Waals surface area contributed by atoms with Gasteiger partial charge in [0.15, 0.2) is 5.04 Å². The van der Waals surface area contributed by atoms with Crippen LogP contribution in [0.1, 0.15) is 20.3 Å². The van der Waals surface area contributed by atoms with E-state index < -0.39 is 11.2 Å². The van der Waals surface area contributed by atoms with E-state index in [-0.39, 0.29) is 17.7 Å². The Morgan fingerprint density at radius 1 is 1.30 bits per heavy atom. The molecule has 0 bridgehead atoms. The van der Waals surface area contributed by atoms with Crippen LogP contribution < -0.4 is 0 Å². The first kappa shape index (κ1) is 20.2. The van der Waals surface area contributed by atoms with E-state index in [1.807, 2.05) is 13.8 Å². The van der Waals surface area contributed by atoms with Crippen molar-refractivity contribution < 1.29 is 18.0 Å². The monoisotopic (exact) mass is 371 g/mol. The second-order valence-electron chi connectivity index (χ2n) is 5.32. The standard InChI is InChI=1S/C14H21ClF3N3OS/c1-3-10(2)8-12(23-13(19)14(16,17)18)21-6-4-20(5-7-21)11(22)9-15/h8,10,19H,3-7,9H2,1-2H3. The van der Waals surface area contributed by atoms with Gasteiger partial charge < -0.3 is 9.80 Å². The van der Waals surface area contributed by atoms with Gasteiger partial charge >= 0.3 is 6.18 Å². The SMILES string of the molecule is CCC(C)C=C(SC(=N)C(F)(F)F)N1CCN(C(=O)CCl)CC1. The van der Waals surface area contributed by atoms with Gasteiger partial charge in [0, 0.05) is 26.2 Å². The molecule has 0 saturated carbocycles. The molecule has 0 aromatic carbocycles. The molecule has 4 nitrogen and oxygen atoms in total. The summed E-state index contributed by atoms with van der Waals surface area (Å²) in [6.45, 7) is 5.58. The van der Waals surface area contributed by atoms with Gasteiger partial charge in [-0.15, -0.1) is 11.6 Å². The van der Waals surface area contributed by atoms with Gasteiger partial charge in [0.1, 0.15) is 5.88 Å². The number of thioether (sulfide) groups is 1. The highest BCUT2D eigenvalue weighted by molar-refractivity contribution is 8.17. The van der Waals surface area contributed by atoms with E-state index in [2.05, 4.69) is 0 Å². The molecule has 1 heterocycles. The van der Waals surface area contributed by atoms with E-state index in [0.29, 0.717) is 43.0 Å². The molecular weight excluding hydrogens is 351 g/mol. The number of carbonyl (C=O) groups is 1. The molecule has 0 aromatic rings. The number of hydrogen-bond donors (Lipinski definition) is 1. The summed E-state index contributed by atoms with van der Waals surface area (Å²) < 4.78 is 38.0. The topological polar surface area (TPSA) is 47.4 Å². The molecule has 0 aromatic heterocycles. The molecule has 0 spiro atoms. The number of alkyl halides is 4. The lowest BCUT2D eigenvalue weighted by atomic mass is 10.1. The second kappa shape index (κ2) is 8.82. The van der Waals surface area contributed by atoms with Crippen LogP contribution in [0.2, 0.25) is 0 Å². The number of rotatable bonds is 5. The molecule has 132 valence electrons. The zero-order valence-corrected chi connectivity index (χ0v) is 14.7. The third-order valence-corrected chi connectivity index (χ3v) is 4.86. The maximum atomic E-state index is 12.7. The molecule has 1 unspecified atom stereocenters. The Morgan fingerprint density at radius 3 is 2.26 bits per heavy atom. The van der Waals surface area contributed by atoms with Crippen molar-refractivity contribution in [2.45, 2.75) is 26.4 Å². The molecule has 0 aliphatic carbocycles. The molecule has 0 radical (unpaired) electrons. The van der Waals surface area contributed by atoms with Gasteiger partial charge in [-0.2, -0.15) is 13.2 Å². The minimum absolute atomic E-state index is 0.0942. The van der Waals surface area contributed by atoms with Crippen molar-refractivity contribution in [1.29, 1.82) is 5.41 Å². The van der Waals surface area contributed by atoms with Gasteiger partial charge in [-0.05, 0) is 24.1 Å². The zero-order chi connectivity index (χ0) is 17.6. The van der Waals surface area contributed by atoms with E-state index in [4.69, 9.17) is 17.0 Å². The Morgan fingerprint density at radius 2 is 1.83 bits per heavy atom. The molecule has 1 N–H and O–H groups in total. The Hall–Kier alpha value is -0.890. The maximum absolute atomic E-state index is 12.7. The number of allylic oxidation sites excluding steroid dienone is 1. The van der Waals surface area contributed by atoms with Gasteiger partial charge in [-0.25, -0.2) is 0 Å². The lowest BCUT2D eigenvalue weighted by Gasteiger charge is -2.37. The predicted octanol–water partition coefficient (Wildman–Crippen LogP) is 3.53. The lowest BCUT2D eigenvalue weighted by molar-refractivity contribution is -0.129. The number of nitrogens with zero attached hydrogens (tertiary/aromatic N) is 2. The summed E-state index contributed by atoms with van der Waals surface area (Å²) in [4.78, 5) is 15.0. The quantitative estimate of drug-likeness (QED) is 0.457. The highest BCUT2D eigenvalue weighted by atomic mass is 35.5. The summed E-state index contributed by atoms with van der Waals surface area (Å²) in [5.74, 6) is -0.154. The minimum Gasteiger partial charge on any atom is -0.363 e. The van der Waals surface area contributed by atoms with E-state index in [1.165, 1.54) is 0 Å². The molecule has 1 amide bonds. The fourth-order valence-corrected chi connectivity index (χ4v) is 3.09. The second-order valence-corrected chi connectivity index (χ2v) is 6.62. The van der Waals surface area contributed by atoms with Crippen LogP contribution in [-0.4, -0.2) is 59.0 Å². The normalized spacial score (nSPS) is 18.1. The van der Waals surface area contributed by atoms with E-state index in [1.54, 1.807) is 15.9 Å². The fraction of sp³-hybridized carbons (Fsp3) is 0.714. The Labute approximate surface area is 143 Å². The van der Waals surface area contributed by atoms with Crippen LogP contribution in [0.25, 0.3) is 0 Å².